The van der Waals surface area contributed by atoms with Gasteiger partial charge in [0.1, 0.15) is 5.01 Å². The van der Waals surface area contributed by atoms with Crippen LogP contribution in [0.4, 0.5) is 0 Å². The molecule has 0 unspecified atom stereocenters. The molecule has 0 N–H and O–H groups in total. The highest BCUT2D eigenvalue weighted by molar-refractivity contribution is 7.13. The number of nitrogens with zero attached hydrogens (tertiary/aromatic N) is 2. The van der Waals surface area contributed by atoms with Gasteiger partial charge in [0.05, 0.1) is 25.5 Å². The lowest BCUT2D eigenvalue weighted by Crippen LogP contribution is -2.17. The first-order valence-electron chi connectivity index (χ1n) is 8.90. The van der Waals surface area contributed by atoms with Crippen LogP contribution >= 0.6 is 11.3 Å². The Balaban J connectivity index is 1.46. The lowest BCUT2D eigenvalue weighted by atomic mass is 10.2. The summed E-state index contributed by atoms with van der Waals surface area (Å²) in [5.41, 5.74) is 3.14. The van der Waals surface area contributed by atoms with Crippen molar-refractivity contribution in [3.05, 3.63) is 53.0 Å². The van der Waals surface area contributed by atoms with Crippen molar-refractivity contribution in [2.75, 3.05) is 28.1 Å². The van der Waals surface area contributed by atoms with Crippen molar-refractivity contribution in [2.45, 2.75) is 13.1 Å². The summed E-state index contributed by atoms with van der Waals surface area (Å²) in [5.74, 6) is 3.03. The molecular formula is C21H22N2O4S. The van der Waals surface area contributed by atoms with E-state index in [1.54, 1.807) is 25.6 Å². The number of thiazole rings is 1. The van der Waals surface area contributed by atoms with Crippen LogP contribution in [-0.4, -0.2) is 37.9 Å². The highest BCUT2D eigenvalue weighted by Gasteiger charge is 2.16. The fourth-order valence-corrected chi connectivity index (χ4v) is 4.07. The fraction of sp³-hybridized carbons (Fsp3) is 0.286. The van der Waals surface area contributed by atoms with Gasteiger partial charge in [0, 0.05) is 18.5 Å². The second-order valence-corrected chi connectivity index (χ2v) is 7.40. The minimum Gasteiger partial charge on any atom is -0.493 e. The molecule has 2 aromatic carbocycles. The largest absolute Gasteiger partial charge is 0.493 e. The molecular weight excluding hydrogens is 376 g/mol. The molecule has 1 aromatic heterocycles. The molecule has 0 radical (unpaired) electrons. The van der Waals surface area contributed by atoms with Crippen molar-refractivity contribution in [3.8, 4) is 33.6 Å². The number of fused-ring (bicyclic) bond motifs is 1. The van der Waals surface area contributed by atoms with Gasteiger partial charge in [-0.05, 0) is 36.9 Å². The van der Waals surface area contributed by atoms with E-state index in [1.807, 2.05) is 30.3 Å². The van der Waals surface area contributed by atoms with E-state index >= 15 is 0 Å². The molecule has 0 atom stereocenters. The maximum absolute atomic E-state index is 5.54. The number of methoxy groups -OCH3 is 2. The predicted molar refractivity (Wildman–Crippen MR) is 108 cm³/mol. The van der Waals surface area contributed by atoms with Crippen LogP contribution in [0.2, 0.25) is 0 Å². The number of benzene rings is 2. The molecule has 0 spiro atoms. The summed E-state index contributed by atoms with van der Waals surface area (Å²) >= 11 is 1.61. The zero-order valence-electron chi connectivity index (χ0n) is 16.1. The van der Waals surface area contributed by atoms with Gasteiger partial charge < -0.3 is 18.9 Å². The summed E-state index contributed by atoms with van der Waals surface area (Å²) in [4.78, 5) is 7.02. The Labute approximate surface area is 168 Å². The summed E-state index contributed by atoms with van der Waals surface area (Å²) in [6.45, 7) is 1.84. The van der Waals surface area contributed by atoms with Gasteiger partial charge in [0.2, 0.25) is 6.79 Å². The maximum Gasteiger partial charge on any atom is 0.231 e. The van der Waals surface area contributed by atoms with E-state index in [0.29, 0.717) is 18.3 Å². The van der Waals surface area contributed by atoms with Gasteiger partial charge in [0.15, 0.2) is 23.0 Å². The van der Waals surface area contributed by atoms with Crippen LogP contribution in [0.15, 0.2) is 41.8 Å². The number of hydrogen-bond acceptors (Lipinski definition) is 7. The van der Waals surface area contributed by atoms with E-state index in [0.717, 1.165) is 40.9 Å². The third kappa shape index (κ3) is 3.76. The number of rotatable bonds is 7. The van der Waals surface area contributed by atoms with Crippen LogP contribution < -0.4 is 18.9 Å². The second kappa shape index (κ2) is 8.08. The van der Waals surface area contributed by atoms with E-state index < -0.39 is 0 Å². The number of hydrogen-bond donors (Lipinski definition) is 0. The average Bonchev–Trinajstić information content (AvgIpc) is 3.36. The monoisotopic (exact) mass is 398 g/mol. The van der Waals surface area contributed by atoms with E-state index in [4.69, 9.17) is 23.9 Å². The molecule has 4 rings (SSSR count). The van der Waals surface area contributed by atoms with Crippen LogP contribution in [0, 0.1) is 0 Å². The predicted octanol–water partition coefficient (Wildman–Crippen LogP) is 4.19. The highest BCUT2D eigenvalue weighted by atomic mass is 32.1. The summed E-state index contributed by atoms with van der Waals surface area (Å²) < 4.78 is 21.8. The van der Waals surface area contributed by atoms with Gasteiger partial charge in [-0.2, -0.15) is 0 Å². The van der Waals surface area contributed by atoms with Gasteiger partial charge in [-0.3, -0.25) is 4.90 Å². The third-order valence-corrected chi connectivity index (χ3v) is 5.43. The van der Waals surface area contributed by atoms with E-state index in [9.17, 15) is 0 Å². The van der Waals surface area contributed by atoms with Gasteiger partial charge in [-0.1, -0.05) is 12.1 Å². The molecule has 28 heavy (non-hydrogen) atoms. The summed E-state index contributed by atoms with van der Waals surface area (Å²) in [6.07, 6.45) is 0. The zero-order chi connectivity index (χ0) is 19.5. The lowest BCUT2D eigenvalue weighted by Gasteiger charge is -2.15. The van der Waals surface area contributed by atoms with Crippen molar-refractivity contribution < 1.29 is 18.9 Å². The van der Waals surface area contributed by atoms with Crippen molar-refractivity contribution in [2.24, 2.45) is 0 Å². The molecule has 146 valence electrons. The van der Waals surface area contributed by atoms with Crippen LogP contribution in [0.5, 0.6) is 23.0 Å². The molecule has 6 nitrogen and oxygen atoms in total. The van der Waals surface area contributed by atoms with Crippen molar-refractivity contribution in [1.29, 1.82) is 0 Å². The molecule has 0 amide bonds. The SMILES string of the molecule is COc1cccc(-c2nc(CN(C)Cc3ccc4c(c3)OCO4)cs2)c1OC. The standard InChI is InChI=1S/C21H22N2O4S/c1-23(10-14-7-8-17-19(9-14)27-13-26-17)11-15-12-28-21(22-15)16-5-4-6-18(24-2)20(16)25-3/h4-9,12H,10-11,13H2,1-3H3. The Morgan fingerprint density at radius 1 is 1.07 bits per heavy atom. The summed E-state index contributed by atoms with van der Waals surface area (Å²) in [6, 6.07) is 11.9. The van der Waals surface area contributed by atoms with Crippen molar-refractivity contribution >= 4 is 11.3 Å². The first kappa shape index (κ1) is 18.6. The first-order valence-corrected chi connectivity index (χ1v) is 9.78. The van der Waals surface area contributed by atoms with Gasteiger partial charge >= 0.3 is 0 Å². The number of ether oxygens (including phenoxy) is 4. The Bertz CT molecular complexity index is 973. The first-order chi connectivity index (χ1) is 13.7. The summed E-state index contributed by atoms with van der Waals surface area (Å²) in [7, 11) is 5.37. The molecule has 7 heteroatoms. The van der Waals surface area contributed by atoms with Crippen LogP contribution in [0.1, 0.15) is 11.3 Å². The lowest BCUT2D eigenvalue weighted by molar-refractivity contribution is 0.174. The second-order valence-electron chi connectivity index (χ2n) is 6.54. The highest BCUT2D eigenvalue weighted by Crippen LogP contribution is 2.39. The van der Waals surface area contributed by atoms with E-state index in [-0.39, 0.29) is 0 Å². The minimum absolute atomic E-state index is 0.296. The van der Waals surface area contributed by atoms with Gasteiger partial charge in [-0.15, -0.1) is 11.3 Å². The van der Waals surface area contributed by atoms with Crippen LogP contribution in [0.25, 0.3) is 10.6 Å². The molecule has 2 heterocycles. The summed E-state index contributed by atoms with van der Waals surface area (Å²) in [5, 5.41) is 3.01. The van der Waals surface area contributed by atoms with Crippen LogP contribution in [0.3, 0.4) is 0 Å². The Kier molecular flexibility index (Phi) is 5.36. The van der Waals surface area contributed by atoms with E-state index in [2.05, 4.69) is 23.4 Å². The normalized spacial score (nSPS) is 12.4. The number of aromatic nitrogens is 1. The molecule has 0 fully saturated rings. The smallest absolute Gasteiger partial charge is 0.231 e. The maximum atomic E-state index is 5.54. The minimum atomic E-state index is 0.296. The Morgan fingerprint density at radius 3 is 2.75 bits per heavy atom. The van der Waals surface area contributed by atoms with Crippen molar-refractivity contribution in [3.63, 3.8) is 0 Å². The quantitative estimate of drug-likeness (QED) is 0.595. The van der Waals surface area contributed by atoms with Gasteiger partial charge in [0.25, 0.3) is 0 Å². The number of para-hydroxylation sites is 1. The topological polar surface area (TPSA) is 53.1 Å². The van der Waals surface area contributed by atoms with Crippen LogP contribution in [-0.2, 0) is 13.1 Å². The average molecular weight is 398 g/mol. The third-order valence-electron chi connectivity index (χ3n) is 4.51. The molecule has 0 saturated carbocycles. The molecule has 0 bridgehead atoms. The van der Waals surface area contributed by atoms with Gasteiger partial charge in [-0.25, -0.2) is 4.98 Å². The Morgan fingerprint density at radius 2 is 1.93 bits per heavy atom. The molecule has 0 aliphatic carbocycles. The molecule has 0 saturated heterocycles. The molecule has 1 aliphatic heterocycles. The molecule has 3 aromatic rings. The fourth-order valence-electron chi connectivity index (χ4n) is 3.24. The van der Waals surface area contributed by atoms with E-state index in [1.165, 1.54) is 5.56 Å². The zero-order valence-corrected chi connectivity index (χ0v) is 16.9. The molecule has 1 aliphatic rings. The Hall–Kier alpha value is -2.77. The van der Waals surface area contributed by atoms with Crippen molar-refractivity contribution in [1.82, 2.24) is 9.88 Å².